The highest BCUT2D eigenvalue weighted by molar-refractivity contribution is 6.93. The van der Waals surface area contributed by atoms with Crippen molar-refractivity contribution in [3.05, 3.63) is 159 Å². The molecule has 1 atom stereocenters. The van der Waals surface area contributed by atoms with Crippen LogP contribution in [0.5, 0.6) is 0 Å². The van der Waals surface area contributed by atoms with E-state index in [1.165, 1.54) is 108 Å². The molecule has 11 rings (SSSR count). The minimum absolute atomic E-state index is 0.0276. The van der Waals surface area contributed by atoms with E-state index in [4.69, 9.17) is 4.42 Å². The van der Waals surface area contributed by atoms with E-state index in [1.807, 2.05) is 0 Å². The van der Waals surface area contributed by atoms with Crippen LogP contribution >= 0.6 is 0 Å². The number of fused-ring (bicyclic) bond motifs is 8. The van der Waals surface area contributed by atoms with E-state index in [-0.39, 0.29) is 45.2 Å². The molecule has 4 heteroatoms. The molecular formula is C63H73BN2O. The maximum absolute atomic E-state index is 7.69. The third kappa shape index (κ3) is 6.80. The van der Waals surface area contributed by atoms with E-state index in [1.54, 1.807) is 0 Å². The van der Waals surface area contributed by atoms with Crippen LogP contribution in [0.4, 0.5) is 22.7 Å². The predicted octanol–water partition coefficient (Wildman–Crippen LogP) is 15.6. The van der Waals surface area contributed by atoms with Gasteiger partial charge in [0.05, 0.1) is 17.4 Å². The summed E-state index contributed by atoms with van der Waals surface area (Å²) in [6.07, 6.45) is 8.11. The van der Waals surface area contributed by atoms with Crippen LogP contribution in [-0.2, 0) is 32.5 Å². The van der Waals surface area contributed by atoms with Crippen molar-refractivity contribution in [1.29, 1.82) is 0 Å². The van der Waals surface area contributed by atoms with E-state index in [2.05, 4.69) is 217 Å². The van der Waals surface area contributed by atoms with Crippen LogP contribution in [0, 0.1) is 6.92 Å². The van der Waals surface area contributed by atoms with Crippen molar-refractivity contribution >= 4 is 57.1 Å². The van der Waals surface area contributed by atoms with Crippen LogP contribution in [0.3, 0.4) is 0 Å². The highest BCUT2D eigenvalue weighted by Crippen LogP contribution is 2.55. The molecule has 5 aliphatic rings. The Bertz CT molecular complexity index is 3080. The van der Waals surface area contributed by atoms with Crippen molar-refractivity contribution in [2.75, 3.05) is 9.80 Å². The molecule has 0 bridgehead atoms. The zero-order valence-corrected chi connectivity index (χ0v) is 43.3. The highest BCUT2D eigenvalue weighted by atomic mass is 16.3. The number of nitrogens with zero attached hydrogens (tertiary/aromatic N) is 2. The summed E-state index contributed by atoms with van der Waals surface area (Å²) in [7, 11) is 0. The first-order valence-electron chi connectivity index (χ1n) is 25.5. The van der Waals surface area contributed by atoms with Crippen molar-refractivity contribution in [2.45, 2.75) is 174 Å². The summed E-state index contributed by atoms with van der Waals surface area (Å²) in [6.45, 7) is 35.9. The van der Waals surface area contributed by atoms with E-state index < -0.39 is 0 Å². The number of anilines is 4. The molecule has 6 aromatic rings. The van der Waals surface area contributed by atoms with Crippen LogP contribution in [-0.4, -0.2) is 12.8 Å². The minimum Gasteiger partial charge on any atom is -0.468 e. The zero-order chi connectivity index (χ0) is 47.5. The minimum atomic E-state index is -0.0642. The summed E-state index contributed by atoms with van der Waals surface area (Å²) < 4.78 is 7.69. The standard InChI is InChI=1S/C63H73BN2O/c1-38-31-42(59(5,6)7)23-26-50(38)66-51-36-47-46(61(10,11)28-29-62(47,12)13)35-49(51)64-55-52(32-40(33-53(55)66)39-19-17-16-18-20-39)65(43-24-21-41(22-25-43)58(2,3)4)56-44-34-45-48(37-54(44)67-57(56)64)63(14,15)30-27-60(45,8)9/h16-26,31,33-37,52H,27-30,32H2,1-15H3. The third-order valence-corrected chi connectivity index (χ3v) is 17.4. The number of hydrogen-bond acceptors (Lipinski definition) is 3. The number of rotatable bonds is 3. The lowest BCUT2D eigenvalue weighted by atomic mass is 9.32. The largest absolute Gasteiger partial charge is 0.468 e. The molecule has 0 radical (unpaired) electrons. The fourth-order valence-electron chi connectivity index (χ4n) is 12.9. The predicted molar refractivity (Wildman–Crippen MR) is 287 cm³/mol. The fraction of sp³-hybridized carbons (Fsp3) is 0.429. The number of hydrogen-bond donors (Lipinski definition) is 0. The van der Waals surface area contributed by atoms with Crippen LogP contribution in [0.2, 0.25) is 0 Å². The van der Waals surface area contributed by atoms with E-state index >= 15 is 0 Å². The molecule has 0 saturated heterocycles. The lowest BCUT2D eigenvalue weighted by molar-refractivity contribution is 0.332. The van der Waals surface area contributed by atoms with Crippen molar-refractivity contribution in [1.82, 2.24) is 0 Å². The summed E-state index contributed by atoms with van der Waals surface area (Å²) >= 11 is 0. The van der Waals surface area contributed by atoms with Gasteiger partial charge in [-0.3, -0.25) is 0 Å². The Morgan fingerprint density at radius 2 is 1.15 bits per heavy atom. The van der Waals surface area contributed by atoms with Crippen LogP contribution in [0.1, 0.15) is 174 Å². The Morgan fingerprint density at radius 1 is 0.597 bits per heavy atom. The SMILES string of the molecule is Cc1cc(C(C)(C)C)ccc1N1C2=C3B(c4cc5c(cc41)C(C)(C)CCC5(C)C)c1oc4cc5c(cc4c1N(c1ccc(C(C)(C)C)cc1)C3CC(c1ccccc1)=C2)C(C)(C)CCC5(C)C. The first-order chi connectivity index (χ1) is 31.4. The first-order valence-corrected chi connectivity index (χ1v) is 25.5. The van der Waals surface area contributed by atoms with Crippen molar-refractivity contribution < 1.29 is 4.42 Å². The zero-order valence-electron chi connectivity index (χ0n) is 43.3. The van der Waals surface area contributed by atoms with Crippen molar-refractivity contribution in [3.63, 3.8) is 0 Å². The Labute approximate surface area is 402 Å². The molecule has 0 spiro atoms. The second-order valence-electron chi connectivity index (χ2n) is 26.0. The van der Waals surface area contributed by atoms with Gasteiger partial charge in [0.2, 0.25) is 0 Å². The van der Waals surface area contributed by atoms with Crippen LogP contribution in [0.15, 0.2) is 119 Å². The lowest BCUT2D eigenvalue weighted by Crippen LogP contribution is -2.61. The number of allylic oxidation sites excluding steroid dienone is 1. The van der Waals surface area contributed by atoms with Gasteiger partial charge in [-0.15, -0.1) is 0 Å². The van der Waals surface area contributed by atoms with E-state index in [0.717, 1.165) is 30.5 Å². The van der Waals surface area contributed by atoms with Gasteiger partial charge < -0.3 is 14.2 Å². The fourth-order valence-corrected chi connectivity index (χ4v) is 12.9. The van der Waals surface area contributed by atoms with E-state index in [0.29, 0.717) is 0 Å². The molecule has 344 valence electrons. The molecule has 0 N–H and O–H groups in total. The van der Waals surface area contributed by atoms with Crippen LogP contribution in [0.25, 0.3) is 16.5 Å². The molecule has 3 aliphatic carbocycles. The summed E-state index contributed by atoms with van der Waals surface area (Å²) in [4.78, 5) is 5.42. The van der Waals surface area contributed by atoms with Gasteiger partial charge in [0, 0.05) is 28.1 Å². The molecule has 0 fully saturated rings. The smallest absolute Gasteiger partial charge is 0.292 e. The Hall–Kier alpha value is -5.22. The third-order valence-electron chi connectivity index (χ3n) is 17.4. The van der Waals surface area contributed by atoms with Crippen LogP contribution < -0.4 is 20.9 Å². The first kappa shape index (κ1) is 44.3. The van der Waals surface area contributed by atoms with Gasteiger partial charge in [-0.2, -0.15) is 0 Å². The van der Waals surface area contributed by atoms with Gasteiger partial charge in [-0.05, 0) is 175 Å². The summed E-state index contributed by atoms with van der Waals surface area (Å²) in [5.41, 5.74) is 24.0. The Balaban J connectivity index is 1.29. The molecule has 1 unspecified atom stereocenters. The molecule has 67 heavy (non-hydrogen) atoms. The molecular weight excluding hydrogens is 812 g/mol. The topological polar surface area (TPSA) is 19.6 Å². The second kappa shape index (κ2) is 14.4. The summed E-state index contributed by atoms with van der Waals surface area (Å²) in [5.74, 6) is 0. The van der Waals surface area contributed by atoms with Gasteiger partial charge in [0.1, 0.15) is 5.58 Å². The van der Waals surface area contributed by atoms with E-state index in [9.17, 15) is 0 Å². The summed E-state index contributed by atoms with van der Waals surface area (Å²) in [6, 6.07) is 38.4. The monoisotopic (exact) mass is 885 g/mol. The molecule has 1 aromatic heterocycles. The average molecular weight is 885 g/mol. The van der Waals surface area contributed by atoms with Crippen molar-refractivity contribution in [3.8, 4) is 0 Å². The number of furan rings is 1. The molecule has 5 aromatic carbocycles. The molecule has 0 saturated carbocycles. The average Bonchev–Trinajstić information content (AvgIpc) is 3.64. The molecule has 3 heterocycles. The number of aryl methyl sites for hydroxylation is 1. The molecule has 0 amide bonds. The maximum atomic E-state index is 7.69. The van der Waals surface area contributed by atoms with Gasteiger partial charge in [0.25, 0.3) is 6.71 Å². The Kier molecular flexibility index (Phi) is 9.53. The Morgan fingerprint density at radius 3 is 1.73 bits per heavy atom. The highest BCUT2D eigenvalue weighted by Gasteiger charge is 2.53. The quantitative estimate of drug-likeness (QED) is 0.165. The van der Waals surface area contributed by atoms with Gasteiger partial charge in [-0.25, -0.2) is 0 Å². The van der Waals surface area contributed by atoms with Gasteiger partial charge in [-0.1, -0.05) is 158 Å². The van der Waals surface area contributed by atoms with Gasteiger partial charge >= 0.3 is 0 Å². The number of benzene rings is 5. The summed E-state index contributed by atoms with van der Waals surface area (Å²) in [5, 5.41) is 1.24. The lowest BCUT2D eigenvalue weighted by Gasteiger charge is -2.50. The maximum Gasteiger partial charge on any atom is 0.292 e. The molecule has 3 nitrogen and oxygen atoms in total. The van der Waals surface area contributed by atoms with Crippen molar-refractivity contribution in [2.24, 2.45) is 0 Å². The second-order valence-corrected chi connectivity index (χ2v) is 26.0. The van der Waals surface area contributed by atoms with Gasteiger partial charge in [0.15, 0.2) is 0 Å². The molecule has 2 aliphatic heterocycles. The normalized spacial score (nSPS) is 21.0.